The number of likely N-dealkylation sites (tertiary alicyclic amines) is 1. The second kappa shape index (κ2) is 5.50. The second-order valence-electron chi connectivity index (χ2n) is 3.97. The van der Waals surface area contributed by atoms with Crippen LogP contribution in [0.5, 0.6) is 0 Å². The Morgan fingerprint density at radius 1 is 1.44 bits per heavy atom. The van der Waals surface area contributed by atoms with E-state index in [2.05, 4.69) is 11.8 Å². The Hall–Kier alpha value is -1.39. The molecule has 1 aliphatic rings. The largest absolute Gasteiger partial charge is 0.388 e. The van der Waals surface area contributed by atoms with E-state index >= 15 is 0 Å². The zero-order chi connectivity index (χ0) is 13.1. The topological polar surface area (TPSA) is 81.0 Å². The summed E-state index contributed by atoms with van der Waals surface area (Å²) in [6, 6.07) is 1.71. The highest BCUT2D eigenvalue weighted by atomic mass is 32.1. The Bertz CT molecular complexity index is 492. The molecule has 2 atom stereocenters. The van der Waals surface area contributed by atoms with E-state index in [-0.39, 0.29) is 25.6 Å². The van der Waals surface area contributed by atoms with Crippen molar-refractivity contribution in [1.29, 1.82) is 0 Å². The van der Waals surface area contributed by atoms with Gasteiger partial charge in [-0.2, -0.15) is 0 Å². The molecule has 0 aliphatic carbocycles. The molecule has 0 bridgehead atoms. The van der Waals surface area contributed by atoms with Crippen LogP contribution >= 0.6 is 11.3 Å². The van der Waals surface area contributed by atoms with Crippen LogP contribution in [0.1, 0.15) is 15.2 Å². The zero-order valence-electron chi connectivity index (χ0n) is 9.54. The quantitative estimate of drug-likeness (QED) is 0.586. The minimum atomic E-state index is -0.888. The van der Waals surface area contributed by atoms with Crippen molar-refractivity contribution in [2.45, 2.75) is 12.2 Å². The Balaban J connectivity index is 2.17. The fourth-order valence-electron chi connectivity index (χ4n) is 1.79. The van der Waals surface area contributed by atoms with E-state index in [9.17, 15) is 15.0 Å². The summed E-state index contributed by atoms with van der Waals surface area (Å²) >= 11 is 1.26. The number of aliphatic hydroxyl groups excluding tert-OH is 3. The number of aliphatic hydroxyl groups is 3. The van der Waals surface area contributed by atoms with Gasteiger partial charge < -0.3 is 20.2 Å². The van der Waals surface area contributed by atoms with Crippen molar-refractivity contribution in [3.8, 4) is 11.8 Å². The fourth-order valence-corrected chi connectivity index (χ4v) is 2.60. The molecule has 5 nitrogen and oxygen atoms in total. The van der Waals surface area contributed by atoms with E-state index in [1.165, 1.54) is 16.2 Å². The Morgan fingerprint density at radius 3 is 2.72 bits per heavy atom. The van der Waals surface area contributed by atoms with E-state index < -0.39 is 12.2 Å². The summed E-state index contributed by atoms with van der Waals surface area (Å²) in [5.41, 5.74) is 0.565. The Labute approximate surface area is 108 Å². The molecular weight excluding hydrogens is 254 g/mol. The Kier molecular flexibility index (Phi) is 3.99. The first-order chi connectivity index (χ1) is 8.63. The van der Waals surface area contributed by atoms with Gasteiger partial charge in [0.25, 0.3) is 5.91 Å². The highest BCUT2D eigenvalue weighted by Crippen LogP contribution is 2.21. The molecule has 2 unspecified atom stereocenters. The van der Waals surface area contributed by atoms with Gasteiger partial charge in [0, 0.05) is 18.7 Å². The summed E-state index contributed by atoms with van der Waals surface area (Å²) in [6.07, 6.45) is -1.78. The molecular formula is C12H13NO4S. The van der Waals surface area contributed by atoms with Crippen molar-refractivity contribution < 1.29 is 20.1 Å². The molecule has 0 spiro atoms. The van der Waals surface area contributed by atoms with E-state index in [4.69, 9.17) is 5.11 Å². The van der Waals surface area contributed by atoms with Crippen LogP contribution in [0.25, 0.3) is 0 Å². The standard InChI is InChI=1S/C12H13NO4S/c14-4-1-2-8-3-5-18-11(8)12(17)13-6-9(15)10(16)7-13/h3,5,9-10,14-16H,4,6-7H2. The number of thiophene rings is 1. The van der Waals surface area contributed by atoms with Crippen molar-refractivity contribution in [2.75, 3.05) is 19.7 Å². The lowest BCUT2D eigenvalue weighted by Gasteiger charge is -2.14. The van der Waals surface area contributed by atoms with Gasteiger partial charge in [-0.05, 0) is 11.4 Å². The summed E-state index contributed by atoms with van der Waals surface area (Å²) in [7, 11) is 0. The van der Waals surface area contributed by atoms with E-state index in [1.54, 1.807) is 11.4 Å². The molecule has 18 heavy (non-hydrogen) atoms. The normalized spacial score (nSPS) is 22.7. The lowest BCUT2D eigenvalue weighted by atomic mass is 10.2. The molecule has 3 N–H and O–H groups in total. The van der Waals surface area contributed by atoms with Gasteiger partial charge in [0.05, 0.1) is 12.2 Å². The molecule has 0 saturated carbocycles. The van der Waals surface area contributed by atoms with Gasteiger partial charge in [0.2, 0.25) is 0 Å². The zero-order valence-corrected chi connectivity index (χ0v) is 10.4. The lowest BCUT2D eigenvalue weighted by Crippen LogP contribution is -2.29. The third kappa shape index (κ3) is 2.54. The van der Waals surface area contributed by atoms with E-state index in [0.29, 0.717) is 10.4 Å². The third-order valence-electron chi connectivity index (χ3n) is 2.71. The summed E-state index contributed by atoms with van der Waals surface area (Å²) < 4.78 is 0. The van der Waals surface area contributed by atoms with Crippen LogP contribution in [0, 0.1) is 11.8 Å². The van der Waals surface area contributed by atoms with Crippen molar-refractivity contribution in [1.82, 2.24) is 4.90 Å². The van der Waals surface area contributed by atoms with E-state index in [0.717, 1.165) is 0 Å². The summed E-state index contributed by atoms with van der Waals surface area (Å²) in [6.45, 7) is 0.000155. The molecule has 96 valence electrons. The summed E-state index contributed by atoms with van der Waals surface area (Å²) in [5.74, 6) is 4.96. The third-order valence-corrected chi connectivity index (χ3v) is 3.61. The fraction of sp³-hybridized carbons (Fsp3) is 0.417. The summed E-state index contributed by atoms with van der Waals surface area (Å²) in [5, 5.41) is 29.2. The first kappa shape index (κ1) is 13.1. The van der Waals surface area contributed by atoms with Gasteiger partial charge in [-0.15, -0.1) is 11.3 Å². The van der Waals surface area contributed by atoms with Crippen LogP contribution in [0.4, 0.5) is 0 Å². The van der Waals surface area contributed by atoms with Gasteiger partial charge in [-0.3, -0.25) is 4.79 Å². The van der Waals surface area contributed by atoms with Gasteiger partial charge in [-0.25, -0.2) is 0 Å². The second-order valence-corrected chi connectivity index (χ2v) is 4.88. The van der Waals surface area contributed by atoms with Crippen LogP contribution in [0.2, 0.25) is 0 Å². The highest BCUT2D eigenvalue weighted by molar-refractivity contribution is 7.12. The molecule has 1 aromatic heterocycles. The molecule has 1 saturated heterocycles. The number of carbonyl (C=O) groups is 1. The molecule has 1 amide bonds. The molecule has 2 rings (SSSR count). The maximum absolute atomic E-state index is 12.2. The molecule has 1 fully saturated rings. The number of amides is 1. The molecule has 1 aliphatic heterocycles. The van der Waals surface area contributed by atoms with Crippen LogP contribution in [-0.2, 0) is 0 Å². The van der Waals surface area contributed by atoms with E-state index in [1.807, 2.05) is 0 Å². The first-order valence-corrected chi connectivity index (χ1v) is 6.34. The average Bonchev–Trinajstić information content (AvgIpc) is 2.94. The average molecular weight is 267 g/mol. The lowest BCUT2D eigenvalue weighted by molar-refractivity contribution is 0.0572. The predicted molar refractivity (Wildman–Crippen MR) is 66.2 cm³/mol. The first-order valence-electron chi connectivity index (χ1n) is 5.46. The summed E-state index contributed by atoms with van der Waals surface area (Å²) in [4.78, 5) is 14.0. The molecule has 0 aromatic carbocycles. The van der Waals surface area contributed by atoms with Crippen molar-refractivity contribution in [2.24, 2.45) is 0 Å². The van der Waals surface area contributed by atoms with Gasteiger partial charge in [0.15, 0.2) is 0 Å². The number of nitrogens with zero attached hydrogens (tertiary/aromatic N) is 1. The molecule has 0 radical (unpaired) electrons. The smallest absolute Gasteiger partial charge is 0.265 e. The van der Waals surface area contributed by atoms with Crippen molar-refractivity contribution >= 4 is 17.2 Å². The number of rotatable bonds is 1. The van der Waals surface area contributed by atoms with Gasteiger partial charge in [-0.1, -0.05) is 11.8 Å². The van der Waals surface area contributed by atoms with Gasteiger partial charge in [0.1, 0.15) is 11.5 Å². The molecule has 2 heterocycles. The van der Waals surface area contributed by atoms with Crippen molar-refractivity contribution in [3.05, 3.63) is 21.9 Å². The van der Waals surface area contributed by atoms with Crippen LogP contribution in [0.15, 0.2) is 11.4 Å². The number of carbonyl (C=O) groups excluding carboxylic acids is 1. The molecule has 1 aromatic rings. The van der Waals surface area contributed by atoms with Crippen molar-refractivity contribution in [3.63, 3.8) is 0 Å². The predicted octanol–water partition coefficient (Wildman–Crippen LogP) is -0.730. The minimum absolute atomic E-state index is 0.130. The number of β-amino-alcohol motifs (C(OH)–C–C–N with tert-alkyl or cyclic N) is 2. The van der Waals surface area contributed by atoms with Crippen LogP contribution in [-0.4, -0.2) is 58.0 Å². The number of hydrogen-bond donors (Lipinski definition) is 3. The van der Waals surface area contributed by atoms with Gasteiger partial charge >= 0.3 is 0 Å². The van der Waals surface area contributed by atoms with Crippen LogP contribution < -0.4 is 0 Å². The maximum atomic E-state index is 12.2. The number of hydrogen-bond acceptors (Lipinski definition) is 5. The Morgan fingerprint density at radius 2 is 2.11 bits per heavy atom. The minimum Gasteiger partial charge on any atom is -0.388 e. The highest BCUT2D eigenvalue weighted by Gasteiger charge is 2.33. The molecule has 6 heteroatoms. The maximum Gasteiger partial charge on any atom is 0.265 e. The monoisotopic (exact) mass is 267 g/mol. The van der Waals surface area contributed by atoms with Crippen LogP contribution in [0.3, 0.4) is 0 Å². The SMILES string of the molecule is O=C(c1sccc1C#CCO)N1CC(O)C(O)C1.